The van der Waals surface area contributed by atoms with Gasteiger partial charge in [-0.25, -0.2) is 4.39 Å². The highest BCUT2D eigenvalue weighted by Gasteiger charge is 2.30. The van der Waals surface area contributed by atoms with Crippen molar-refractivity contribution in [2.24, 2.45) is 0 Å². The zero-order valence-electron chi connectivity index (χ0n) is 16.4. The number of rotatable bonds is 5. The molecule has 3 nitrogen and oxygen atoms in total. The molecule has 0 atom stereocenters. The predicted octanol–water partition coefficient (Wildman–Crippen LogP) is 6.69. The van der Waals surface area contributed by atoms with E-state index in [-0.39, 0.29) is 0 Å². The quantitative estimate of drug-likeness (QED) is 0.254. The number of aromatic nitrogens is 3. The minimum Gasteiger partial charge on any atom is -0.270 e. The van der Waals surface area contributed by atoms with Crippen LogP contribution in [0.25, 0.3) is 17.1 Å². The van der Waals surface area contributed by atoms with Crippen LogP contribution in [0.5, 0.6) is 0 Å². The van der Waals surface area contributed by atoms with E-state index in [1.165, 1.54) is 30.0 Å². The minimum atomic E-state index is -4.37. The lowest BCUT2D eigenvalue weighted by atomic mass is 10.1. The number of aryl methyl sites for hydroxylation is 1. The largest absolute Gasteiger partial charge is 0.416 e. The molecule has 8 heteroatoms. The molecule has 4 aromatic rings. The minimum absolute atomic E-state index is 0.317. The third-order valence-electron chi connectivity index (χ3n) is 4.69. The number of benzene rings is 3. The van der Waals surface area contributed by atoms with E-state index in [0.29, 0.717) is 27.9 Å². The number of alkyl halides is 3. The molecule has 1 aromatic heterocycles. The van der Waals surface area contributed by atoms with Crippen LogP contribution in [-0.4, -0.2) is 14.8 Å². The second kappa shape index (κ2) is 8.55. The molecule has 0 saturated heterocycles. The second-order valence-corrected chi connectivity index (χ2v) is 7.88. The molecule has 3 aromatic carbocycles. The topological polar surface area (TPSA) is 30.7 Å². The van der Waals surface area contributed by atoms with Crippen molar-refractivity contribution < 1.29 is 17.6 Å². The van der Waals surface area contributed by atoms with Gasteiger partial charge in [0.1, 0.15) is 5.82 Å². The molecular formula is C23H17F4N3S. The van der Waals surface area contributed by atoms with Gasteiger partial charge in [-0.3, -0.25) is 4.57 Å². The molecule has 31 heavy (non-hydrogen) atoms. The summed E-state index contributed by atoms with van der Waals surface area (Å²) in [5.41, 5.74) is 2.18. The number of hydrogen-bond acceptors (Lipinski definition) is 3. The Hall–Kier alpha value is -3.13. The molecule has 0 aliphatic heterocycles. The van der Waals surface area contributed by atoms with Gasteiger partial charge in [-0.05, 0) is 48.9 Å². The summed E-state index contributed by atoms with van der Waals surface area (Å²) in [6.07, 6.45) is -4.37. The predicted molar refractivity (Wildman–Crippen MR) is 112 cm³/mol. The second-order valence-electron chi connectivity index (χ2n) is 6.94. The Balaban J connectivity index is 1.68. The first-order valence-electron chi connectivity index (χ1n) is 9.39. The maximum absolute atomic E-state index is 14.4. The van der Waals surface area contributed by atoms with Crippen molar-refractivity contribution in [3.63, 3.8) is 0 Å². The summed E-state index contributed by atoms with van der Waals surface area (Å²) in [5, 5.41) is 8.96. The molecule has 0 radical (unpaired) electrons. The molecule has 0 aliphatic rings. The summed E-state index contributed by atoms with van der Waals surface area (Å²) in [6.45, 7) is 1.97. The Morgan fingerprint density at radius 3 is 2.19 bits per heavy atom. The fraction of sp³-hybridized carbons (Fsp3) is 0.130. The molecule has 158 valence electrons. The van der Waals surface area contributed by atoms with Crippen molar-refractivity contribution >= 4 is 11.8 Å². The monoisotopic (exact) mass is 443 g/mol. The third-order valence-corrected chi connectivity index (χ3v) is 5.69. The number of halogens is 4. The van der Waals surface area contributed by atoms with Gasteiger partial charge in [0.15, 0.2) is 11.0 Å². The highest BCUT2D eigenvalue weighted by atomic mass is 32.2. The third kappa shape index (κ3) is 4.64. The lowest BCUT2D eigenvalue weighted by Gasteiger charge is -2.11. The lowest BCUT2D eigenvalue weighted by Crippen LogP contribution is -2.04. The summed E-state index contributed by atoms with van der Waals surface area (Å²) in [5.74, 6) is 0.332. The van der Waals surface area contributed by atoms with Crippen LogP contribution in [0.4, 0.5) is 17.6 Å². The SMILES string of the molecule is Cc1ccc(-n2c(SCc3ccc(C(F)(F)F)cc3)nnc2-c2ccccc2F)cc1. The van der Waals surface area contributed by atoms with E-state index in [2.05, 4.69) is 10.2 Å². The van der Waals surface area contributed by atoms with Gasteiger partial charge in [0.25, 0.3) is 0 Å². The van der Waals surface area contributed by atoms with E-state index >= 15 is 0 Å². The standard InChI is InChI=1S/C23H17F4N3S/c1-15-6-12-18(13-7-15)30-21(19-4-2-3-5-20(19)24)28-29-22(30)31-14-16-8-10-17(11-9-16)23(25,26)27/h2-13H,14H2,1H3. The molecule has 0 bridgehead atoms. The van der Waals surface area contributed by atoms with Gasteiger partial charge in [-0.1, -0.05) is 53.7 Å². The summed E-state index contributed by atoms with van der Waals surface area (Å²) < 4.78 is 54.5. The number of thioether (sulfide) groups is 1. The molecule has 4 rings (SSSR count). The molecule has 1 heterocycles. The smallest absolute Gasteiger partial charge is 0.270 e. The Labute approximate surface area is 180 Å². The Morgan fingerprint density at radius 2 is 1.55 bits per heavy atom. The average Bonchev–Trinajstić information content (AvgIpc) is 3.16. The average molecular weight is 443 g/mol. The van der Waals surface area contributed by atoms with E-state index in [0.717, 1.165) is 23.4 Å². The van der Waals surface area contributed by atoms with Crippen LogP contribution in [0, 0.1) is 12.7 Å². The van der Waals surface area contributed by atoms with E-state index in [1.54, 1.807) is 22.8 Å². The van der Waals surface area contributed by atoms with Gasteiger partial charge in [-0.2, -0.15) is 13.2 Å². The summed E-state index contributed by atoms with van der Waals surface area (Å²) in [6, 6.07) is 19.0. The van der Waals surface area contributed by atoms with Gasteiger partial charge in [0.2, 0.25) is 0 Å². The van der Waals surface area contributed by atoms with Crippen LogP contribution in [0.3, 0.4) is 0 Å². The van der Waals surface area contributed by atoms with E-state index in [1.807, 2.05) is 31.2 Å². The van der Waals surface area contributed by atoms with Crippen molar-refractivity contribution in [2.45, 2.75) is 24.0 Å². The zero-order chi connectivity index (χ0) is 22.0. The Morgan fingerprint density at radius 1 is 0.871 bits per heavy atom. The van der Waals surface area contributed by atoms with Crippen LogP contribution in [-0.2, 0) is 11.9 Å². The highest BCUT2D eigenvalue weighted by molar-refractivity contribution is 7.98. The molecular weight excluding hydrogens is 426 g/mol. The Kier molecular flexibility index (Phi) is 5.82. The maximum Gasteiger partial charge on any atom is 0.416 e. The summed E-state index contributed by atoms with van der Waals surface area (Å²) in [7, 11) is 0. The van der Waals surface area contributed by atoms with Crippen molar-refractivity contribution in [1.29, 1.82) is 0 Å². The highest BCUT2D eigenvalue weighted by Crippen LogP contribution is 2.32. The van der Waals surface area contributed by atoms with Gasteiger partial charge in [0, 0.05) is 11.4 Å². The number of hydrogen-bond donors (Lipinski definition) is 0. The molecule has 0 N–H and O–H groups in total. The van der Waals surface area contributed by atoms with Gasteiger partial charge in [0.05, 0.1) is 11.1 Å². The maximum atomic E-state index is 14.4. The summed E-state index contributed by atoms with van der Waals surface area (Å²) >= 11 is 1.32. The van der Waals surface area contributed by atoms with Crippen LogP contribution >= 0.6 is 11.8 Å². The zero-order valence-corrected chi connectivity index (χ0v) is 17.2. The normalized spacial score (nSPS) is 11.6. The molecule has 0 saturated carbocycles. The fourth-order valence-corrected chi connectivity index (χ4v) is 3.95. The van der Waals surface area contributed by atoms with Crippen molar-refractivity contribution in [1.82, 2.24) is 14.8 Å². The van der Waals surface area contributed by atoms with Gasteiger partial charge < -0.3 is 0 Å². The van der Waals surface area contributed by atoms with Gasteiger partial charge in [-0.15, -0.1) is 10.2 Å². The Bertz CT molecular complexity index is 1180. The molecule has 0 aliphatic carbocycles. The first kappa shape index (κ1) is 21.1. The molecule has 0 amide bonds. The van der Waals surface area contributed by atoms with E-state index < -0.39 is 17.6 Å². The molecule has 0 unspecified atom stereocenters. The van der Waals surface area contributed by atoms with Crippen LogP contribution in [0.15, 0.2) is 78.0 Å². The van der Waals surface area contributed by atoms with Crippen LogP contribution < -0.4 is 0 Å². The van der Waals surface area contributed by atoms with Gasteiger partial charge >= 0.3 is 6.18 Å². The van der Waals surface area contributed by atoms with E-state index in [9.17, 15) is 17.6 Å². The van der Waals surface area contributed by atoms with Crippen LogP contribution in [0.1, 0.15) is 16.7 Å². The first-order valence-corrected chi connectivity index (χ1v) is 10.4. The van der Waals surface area contributed by atoms with Crippen molar-refractivity contribution in [3.05, 3.63) is 95.3 Å². The fourth-order valence-electron chi connectivity index (χ4n) is 3.04. The summed E-state index contributed by atoms with van der Waals surface area (Å²) in [4.78, 5) is 0. The van der Waals surface area contributed by atoms with E-state index in [4.69, 9.17) is 0 Å². The van der Waals surface area contributed by atoms with Crippen LogP contribution in [0.2, 0.25) is 0 Å². The lowest BCUT2D eigenvalue weighted by molar-refractivity contribution is -0.137. The molecule has 0 fully saturated rings. The first-order chi connectivity index (χ1) is 14.8. The van der Waals surface area contributed by atoms with Crippen molar-refractivity contribution in [2.75, 3.05) is 0 Å². The van der Waals surface area contributed by atoms with Crippen molar-refractivity contribution in [3.8, 4) is 17.1 Å². The molecule has 0 spiro atoms. The number of nitrogens with zero attached hydrogens (tertiary/aromatic N) is 3.